The smallest absolute Gasteiger partial charge is 0.343 e. The number of benzene rings is 3. The van der Waals surface area contributed by atoms with Crippen LogP contribution in [0.2, 0.25) is 0 Å². The molecule has 0 radical (unpaired) electrons. The number of esters is 1. The Morgan fingerprint density at radius 1 is 1.02 bits per heavy atom. The average molecular weight is 565 g/mol. The van der Waals surface area contributed by atoms with Crippen LogP contribution in [0.4, 0.5) is 14.5 Å². The van der Waals surface area contributed by atoms with Gasteiger partial charge in [-0.25, -0.2) is 13.6 Å². The van der Waals surface area contributed by atoms with Gasteiger partial charge in [0.25, 0.3) is 0 Å². The molecule has 2 heterocycles. The number of ether oxygens (including phenoxy) is 3. The van der Waals surface area contributed by atoms with E-state index in [0.29, 0.717) is 18.7 Å². The Morgan fingerprint density at radius 3 is 2.44 bits per heavy atom. The Bertz CT molecular complexity index is 1640. The number of pyridine rings is 1. The Morgan fingerprint density at radius 2 is 1.76 bits per heavy atom. The third-order valence-electron chi connectivity index (χ3n) is 7.21. The van der Waals surface area contributed by atoms with Crippen molar-refractivity contribution in [3.63, 3.8) is 0 Å². The highest BCUT2D eigenvalue weighted by molar-refractivity contribution is 5.95. The number of aliphatic hydroxyl groups is 1. The fraction of sp³-hybridized carbons (Fsp3) is 0.290. The van der Waals surface area contributed by atoms with Crippen molar-refractivity contribution in [2.24, 2.45) is 0 Å². The van der Waals surface area contributed by atoms with Crippen molar-refractivity contribution in [1.82, 2.24) is 4.57 Å². The summed E-state index contributed by atoms with van der Waals surface area (Å²) in [5.41, 5.74) is 0.202. The van der Waals surface area contributed by atoms with Crippen LogP contribution in [-0.2, 0) is 11.3 Å². The van der Waals surface area contributed by atoms with Gasteiger partial charge in [-0.15, -0.1) is 0 Å². The first-order valence-corrected chi connectivity index (χ1v) is 13.3. The summed E-state index contributed by atoms with van der Waals surface area (Å²) < 4.78 is 48.3. The van der Waals surface area contributed by atoms with Gasteiger partial charge in [-0.2, -0.15) is 0 Å². The predicted molar refractivity (Wildman–Crippen MR) is 150 cm³/mol. The largest absolute Gasteiger partial charge is 0.497 e. The van der Waals surface area contributed by atoms with Crippen molar-refractivity contribution >= 4 is 22.6 Å². The number of aliphatic hydroxyl groups excluding tert-OH is 1. The molecule has 1 aromatic heterocycles. The number of methoxy groups -OCH3 is 1. The number of nitrogens with zero attached hydrogens (tertiary/aromatic N) is 2. The van der Waals surface area contributed by atoms with Crippen LogP contribution in [0.25, 0.3) is 16.6 Å². The van der Waals surface area contributed by atoms with Gasteiger partial charge < -0.3 is 28.8 Å². The molecule has 0 aliphatic carbocycles. The minimum absolute atomic E-state index is 0.0232. The Balaban J connectivity index is 1.58. The normalized spacial score (nSPS) is 14.9. The number of fused-ring (bicyclic) bond motifs is 1. The molecule has 5 rings (SSSR count). The van der Waals surface area contributed by atoms with Gasteiger partial charge in [0.1, 0.15) is 29.5 Å². The molecular formula is C31H30F2N2O6. The summed E-state index contributed by atoms with van der Waals surface area (Å²) in [6, 6.07) is 13.8. The van der Waals surface area contributed by atoms with Crippen LogP contribution in [0.5, 0.6) is 11.5 Å². The van der Waals surface area contributed by atoms with Gasteiger partial charge in [0.15, 0.2) is 5.82 Å². The van der Waals surface area contributed by atoms with Crippen LogP contribution in [0.15, 0.2) is 65.6 Å². The molecule has 0 saturated carbocycles. The minimum atomic E-state index is -0.891. The number of rotatable bonds is 9. The molecule has 10 heteroatoms. The topological polar surface area (TPSA) is 90.2 Å². The van der Waals surface area contributed by atoms with Crippen LogP contribution in [0.1, 0.15) is 35.7 Å². The molecule has 1 atom stereocenters. The Kier molecular flexibility index (Phi) is 8.21. The van der Waals surface area contributed by atoms with Crippen LogP contribution in [0, 0.1) is 11.6 Å². The summed E-state index contributed by atoms with van der Waals surface area (Å²) in [5.74, 6) is -1.27. The Hall–Kier alpha value is -4.44. The first-order chi connectivity index (χ1) is 19.8. The van der Waals surface area contributed by atoms with E-state index in [-0.39, 0.29) is 59.5 Å². The van der Waals surface area contributed by atoms with Crippen molar-refractivity contribution < 1.29 is 32.9 Å². The summed E-state index contributed by atoms with van der Waals surface area (Å²) in [6.45, 7) is 2.18. The van der Waals surface area contributed by atoms with Gasteiger partial charge in [-0.3, -0.25) is 4.79 Å². The molecule has 0 amide bonds. The van der Waals surface area contributed by atoms with Crippen LogP contribution < -0.4 is 19.8 Å². The maximum atomic E-state index is 15.6. The molecule has 3 aromatic carbocycles. The minimum Gasteiger partial charge on any atom is -0.497 e. The molecule has 0 bridgehead atoms. The number of aromatic nitrogens is 1. The molecule has 0 spiro atoms. The van der Waals surface area contributed by atoms with E-state index >= 15 is 8.78 Å². The van der Waals surface area contributed by atoms with Gasteiger partial charge in [-0.05, 0) is 61.7 Å². The second-order valence-electron chi connectivity index (χ2n) is 9.71. The zero-order valence-electron chi connectivity index (χ0n) is 22.7. The highest BCUT2D eigenvalue weighted by Crippen LogP contribution is 2.33. The van der Waals surface area contributed by atoms with E-state index < -0.39 is 23.0 Å². The molecule has 1 fully saturated rings. The van der Waals surface area contributed by atoms with E-state index in [1.165, 1.54) is 29.0 Å². The molecule has 4 aromatic rings. The van der Waals surface area contributed by atoms with Crippen LogP contribution >= 0.6 is 0 Å². The van der Waals surface area contributed by atoms with E-state index in [4.69, 9.17) is 14.2 Å². The average Bonchev–Trinajstić information content (AvgIpc) is 3.46. The lowest BCUT2D eigenvalue weighted by Gasteiger charge is -2.26. The number of carbonyl (C=O) groups is 1. The van der Waals surface area contributed by atoms with Crippen molar-refractivity contribution in [3.8, 4) is 17.2 Å². The standard InChI is InChI=1S/C31H30F2N2O6/c1-3-40-31(38)24-16-35(27-11-10-22(13-25(27)32)41-18-19-6-8-21(39-2)9-7-19)28-15-29(26(33)14-23(28)30(24)37)34-12-4-5-20(34)17-36/h6-11,13-16,20,36H,3-5,12,17-18H2,1-2H3/t20-/m1/s1. The molecule has 1 N–H and O–H groups in total. The van der Waals surface area contributed by atoms with Crippen molar-refractivity contribution in [1.29, 1.82) is 0 Å². The molecule has 1 aliphatic rings. The van der Waals surface area contributed by atoms with E-state index in [1.54, 1.807) is 37.1 Å². The van der Waals surface area contributed by atoms with Gasteiger partial charge in [0, 0.05) is 24.2 Å². The first kappa shape index (κ1) is 28.1. The number of anilines is 1. The monoisotopic (exact) mass is 564 g/mol. The molecule has 1 saturated heterocycles. The highest BCUT2D eigenvalue weighted by Gasteiger charge is 2.28. The SMILES string of the molecule is CCOC(=O)c1cn(-c2ccc(OCc3ccc(OC)cc3)cc2F)c2cc(N3CCC[C@@H]3CO)c(F)cc2c1=O. The maximum absolute atomic E-state index is 15.6. The zero-order chi connectivity index (χ0) is 29.1. The molecule has 214 valence electrons. The van der Waals surface area contributed by atoms with E-state index in [0.717, 1.165) is 18.1 Å². The summed E-state index contributed by atoms with van der Waals surface area (Å²) in [5, 5.41) is 9.69. The zero-order valence-corrected chi connectivity index (χ0v) is 22.7. The molecule has 0 unspecified atom stereocenters. The number of hydrogen-bond donors (Lipinski definition) is 1. The van der Waals surface area contributed by atoms with Crippen LogP contribution in [0.3, 0.4) is 0 Å². The summed E-state index contributed by atoms with van der Waals surface area (Å²) in [6.07, 6.45) is 2.67. The van der Waals surface area contributed by atoms with E-state index in [2.05, 4.69) is 0 Å². The number of halogens is 2. The maximum Gasteiger partial charge on any atom is 0.343 e. The predicted octanol–water partition coefficient (Wildman–Crippen LogP) is 4.99. The third kappa shape index (κ3) is 5.60. The number of carbonyl (C=O) groups excluding carboxylic acids is 1. The second kappa shape index (κ2) is 12.0. The third-order valence-corrected chi connectivity index (χ3v) is 7.21. The molecule has 8 nitrogen and oxygen atoms in total. The van der Waals surface area contributed by atoms with Gasteiger partial charge in [-0.1, -0.05) is 12.1 Å². The summed E-state index contributed by atoms with van der Waals surface area (Å²) in [7, 11) is 1.58. The van der Waals surface area contributed by atoms with Gasteiger partial charge in [0.2, 0.25) is 5.43 Å². The Labute approximate surface area is 235 Å². The molecular weight excluding hydrogens is 534 g/mol. The highest BCUT2D eigenvalue weighted by atomic mass is 19.1. The lowest BCUT2D eigenvalue weighted by Crippen LogP contribution is -2.33. The molecule has 41 heavy (non-hydrogen) atoms. The number of hydrogen-bond acceptors (Lipinski definition) is 7. The summed E-state index contributed by atoms with van der Waals surface area (Å²) in [4.78, 5) is 27.7. The van der Waals surface area contributed by atoms with Crippen molar-refractivity contribution in [3.05, 3.63) is 93.8 Å². The van der Waals surface area contributed by atoms with Crippen molar-refractivity contribution in [2.75, 3.05) is 31.8 Å². The summed E-state index contributed by atoms with van der Waals surface area (Å²) >= 11 is 0. The lowest BCUT2D eigenvalue weighted by atomic mass is 10.1. The molecule has 1 aliphatic heterocycles. The van der Waals surface area contributed by atoms with Crippen molar-refractivity contribution in [2.45, 2.75) is 32.4 Å². The van der Waals surface area contributed by atoms with Crippen LogP contribution in [-0.4, -0.2) is 48.6 Å². The van der Waals surface area contributed by atoms with E-state index in [1.807, 2.05) is 12.1 Å². The quantitative estimate of drug-likeness (QED) is 0.287. The van der Waals surface area contributed by atoms with Gasteiger partial charge >= 0.3 is 5.97 Å². The fourth-order valence-electron chi connectivity index (χ4n) is 5.11. The van der Waals surface area contributed by atoms with Gasteiger partial charge in [0.05, 0.1) is 43.3 Å². The lowest BCUT2D eigenvalue weighted by molar-refractivity contribution is 0.0524. The fourth-order valence-corrected chi connectivity index (χ4v) is 5.11. The first-order valence-electron chi connectivity index (χ1n) is 13.3. The second-order valence-corrected chi connectivity index (χ2v) is 9.71. The van der Waals surface area contributed by atoms with E-state index in [9.17, 15) is 14.7 Å².